The van der Waals surface area contributed by atoms with Gasteiger partial charge < -0.3 is 10.1 Å². The molecule has 5 rings (SSSR count). The Morgan fingerprint density at radius 2 is 1.77 bits per heavy atom. The van der Waals surface area contributed by atoms with E-state index in [4.69, 9.17) is 4.74 Å². The molecule has 0 amide bonds. The van der Waals surface area contributed by atoms with Crippen LogP contribution in [0.5, 0.6) is 5.75 Å². The first kappa shape index (κ1) is 26.0. The maximum absolute atomic E-state index is 13.8. The molecule has 39 heavy (non-hydrogen) atoms. The van der Waals surface area contributed by atoms with Gasteiger partial charge in [-0.25, -0.2) is 4.68 Å². The van der Waals surface area contributed by atoms with E-state index in [-0.39, 0.29) is 24.1 Å². The van der Waals surface area contributed by atoms with E-state index in [0.29, 0.717) is 35.0 Å². The molecule has 0 atom stereocenters. The molecule has 0 fully saturated rings. The molecule has 0 saturated heterocycles. The van der Waals surface area contributed by atoms with E-state index in [2.05, 4.69) is 16.5 Å². The predicted molar refractivity (Wildman–Crippen MR) is 140 cm³/mol. The normalized spacial score (nSPS) is 14.4. The largest absolute Gasteiger partial charge is 0.489 e. The van der Waals surface area contributed by atoms with Crippen molar-refractivity contribution in [2.45, 2.75) is 39.5 Å². The maximum atomic E-state index is 13.8. The molecule has 1 aliphatic rings. The lowest BCUT2D eigenvalue weighted by Crippen LogP contribution is -2.29. The zero-order valence-corrected chi connectivity index (χ0v) is 21.3. The lowest BCUT2D eigenvalue weighted by atomic mass is 9.75. The first-order valence-corrected chi connectivity index (χ1v) is 12.3. The molecule has 198 valence electrons. The van der Waals surface area contributed by atoms with Crippen LogP contribution in [0.15, 0.2) is 72.8 Å². The van der Waals surface area contributed by atoms with Crippen molar-refractivity contribution in [1.82, 2.24) is 9.78 Å². The number of nitrogens with one attached hydrogen (secondary N) is 1. The minimum atomic E-state index is -4.77. The van der Waals surface area contributed by atoms with Crippen molar-refractivity contribution in [2.75, 3.05) is 5.32 Å². The standard InChI is InChI=1S/C30H25F3N4O2/c1-29(2)15-25-27(26(38)16-29)28(30(31,32)33)36-37(25)22-11-8-20(17-34)24(14-22)35-21-9-12-23(13-10-21)39-18-19-6-4-3-5-7-19/h3-14,35H,15-16,18H2,1-2H3. The van der Waals surface area contributed by atoms with Crippen LogP contribution in [-0.4, -0.2) is 15.6 Å². The maximum Gasteiger partial charge on any atom is 0.435 e. The summed E-state index contributed by atoms with van der Waals surface area (Å²) >= 11 is 0. The van der Waals surface area contributed by atoms with Gasteiger partial charge in [0.05, 0.1) is 28.2 Å². The number of ether oxygens (including phenoxy) is 1. The lowest BCUT2D eigenvalue weighted by Gasteiger charge is -2.29. The van der Waals surface area contributed by atoms with Gasteiger partial charge in [-0.05, 0) is 59.9 Å². The minimum Gasteiger partial charge on any atom is -0.489 e. The summed E-state index contributed by atoms with van der Waals surface area (Å²) in [6.07, 6.45) is -4.51. The second-order valence-corrected chi connectivity index (χ2v) is 10.3. The number of halogens is 3. The second kappa shape index (κ2) is 9.95. The van der Waals surface area contributed by atoms with Gasteiger partial charge in [-0.15, -0.1) is 0 Å². The van der Waals surface area contributed by atoms with Gasteiger partial charge in [0.25, 0.3) is 0 Å². The number of nitriles is 1. The number of alkyl halides is 3. The Bertz CT molecular complexity index is 1570. The summed E-state index contributed by atoms with van der Waals surface area (Å²) in [6.45, 7) is 4.11. The fraction of sp³-hybridized carbons (Fsp3) is 0.233. The minimum absolute atomic E-state index is 0.0139. The van der Waals surface area contributed by atoms with Gasteiger partial charge in [0.2, 0.25) is 0 Å². The number of aromatic nitrogens is 2. The van der Waals surface area contributed by atoms with Crippen molar-refractivity contribution < 1.29 is 22.7 Å². The smallest absolute Gasteiger partial charge is 0.435 e. The topological polar surface area (TPSA) is 79.9 Å². The Morgan fingerprint density at radius 3 is 2.44 bits per heavy atom. The highest BCUT2D eigenvalue weighted by molar-refractivity contribution is 6.00. The summed E-state index contributed by atoms with van der Waals surface area (Å²) in [5.74, 6) is 0.0928. The van der Waals surface area contributed by atoms with E-state index in [1.54, 1.807) is 30.3 Å². The number of carbonyl (C=O) groups is 1. The van der Waals surface area contributed by atoms with Crippen LogP contribution in [0, 0.1) is 16.7 Å². The lowest BCUT2D eigenvalue weighted by molar-refractivity contribution is -0.141. The van der Waals surface area contributed by atoms with Crippen LogP contribution in [0.25, 0.3) is 5.69 Å². The second-order valence-electron chi connectivity index (χ2n) is 10.3. The first-order valence-electron chi connectivity index (χ1n) is 12.3. The fourth-order valence-corrected chi connectivity index (χ4v) is 4.76. The third-order valence-electron chi connectivity index (χ3n) is 6.56. The van der Waals surface area contributed by atoms with Gasteiger partial charge >= 0.3 is 6.18 Å². The van der Waals surface area contributed by atoms with Gasteiger partial charge in [-0.3, -0.25) is 4.79 Å². The predicted octanol–water partition coefficient (Wildman–Crippen LogP) is 7.24. The van der Waals surface area contributed by atoms with Crippen LogP contribution in [-0.2, 0) is 19.2 Å². The van der Waals surface area contributed by atoms with E-state index in [1.165, 1.54) is 16.8 Å². The Morgan fingerprint density at radius 1 is 1.05 bits per heavy atom. The third-order valence-corrected chi connectivity index (χ3v) is 6.56. The van der Waals surface area contributed by atoms with Crippen LogP contribution < -0.4 is 10.1 Å². The van der Waals surface area contributed by atoms with E-state index in [0.717, 1.165) is 5.56 Å². The van der Waals surface area contributed by atoms with Crippen LogP contribution >= 0.6 is 0 Å². The summed E-state index contributed by atoms with van der Waals surface area (Å²) in [5.41, 5.74) is 0.873. The number of fused-ring (bicyclic) bond motifs is 1. The number of rotatable bonds is 6. The molecule has 0 radical (unpaired) electrons. The number of ketones is 1. The van der Waals surface area contributed by atoms with Gasteiger partial charge in [-0.1, -0.05) is 44.2 Å². The average Bonchev–Trinajstić information content (AvgIpc) is 3.28. The highest BCUT2D eigenvalue weighted by atomic mass is 19.4. The number of anilines is 2. The van der Waals surface area contributed by atoms with Gasteiger partial charge in [0, 0.05) is 12.1 Å². The number of Topliss-reactive ketones (excluding diaryl/α,β-unsaturated/α-hetero) is 1. The molecule has 4 aromatic rings. The molecule has 1 aliphatic carbocycles. The molecule has 3 aromatic carbocycles. The van der Waals surface area contributed by atoms with Crippen molar-refractivity contribution in [1.29, 1.82) is 5.26 Å². The van der Waals surface area contributed by atoms with E-state index in [9.17, 15) is 23.2 Å². The highest BCUT2D eigenvalue weighted by Crippen LogP contribution is 2.42. The molecular weight excluding hydrogens is 505 g/mol. The van der Waals surface area contributed by atoms with Gasteiger partial charge in [0.1, 0.15) is 18.4 Å². The zero-order chi connectivity index (χ0) is 27.8. The van der Waals surface area contributed by atoms with Crippen molar-refractivity contribution >= 4 is 17.2 Å². The molecule has 1 aromatic heterocycles. The van der Waals surface area contributed by atoms with Crippen molar-refractivity contribution in [3.8, 4) is 17.5 Å². The van der Waals surface area contributed by atoms with Crippen molar-refractivity contribution in [3.63, 3.8) is 0 Å². The van der Waals surface area contributed by atoms with Crippen LogP contribution in [0.3, 0.4) is 0 Å². The van der Waals surface area contributed by atoms with Gasteiger partial charge in [0.15, 0.2) is 11.5 Å². The van der Waals surface area contributed by atoms with Gasteiger partial charge in [-0.2, -0.15) is 23.5 Å². The van der Waals surface area contributed by atoms with Crippen LogP contribution in [0.1, 0.15) is 53.1 Å². The molecule has 1 heterocycles. The number of hydrogen-bond donors (Lipinski definition) is 1. The number of benzene rings is 3. The average molecular weight is 531 g/mol. The van der Waals surface area contributed by atoms with E-state index < -0.39 is 23.1 Å². The number of nitrogens with zero attached hydrogens (tertiary/aromatic N) is 3. The molecule has 0 aliphatic heterocycles. The zero-order valence-electron chi connectivity index (χ0n) is 21.3. The van der Waals surface area contributed by atoms with Crippen molar-refractivity contribution in [3.05, 3.63) is 101 Å². The Kier molecular flexibility index (Phi) is 6.64. The summed E-state index contributed by atoms with van der Waals surface area (Å²) < 4.78 is 48.5. The molecule has 6 nitrogen and oxygen atoms in total. The number of carbonyl (C=O) groups excluding carboxylic acids is 1. The summed E-state index contributed by atoms with van der Waals surface area (Å²) in [5, 5.41) is 16.7. The molecule has 0 spiro atoms. The Balaban J connectivity index is 1.45. The number of hydrogen-bond acceptors (Lipinski definition) is 5. The Labute approximate surface area is 223 Å². The summed E-state index contributed by atoms with van der Waals surface area (Å²) in [4.78, 5) is 12.8. The molecule has 1 N–H and O–H groups in total. The van der Waals surface area contributed by atoms with Crippen molar-refractivity contribution in [2.24, 2.45) is 5.41 Å². The molecule has 0 unspecified atom stereocenters. The van der Waals surface area contributed by atoms with Crippen LogP contribution in [0.4, 0.5) is 24.5 Å². The molecule has 9 heteroatoms. The third kappa shape index (κ3) is 5.50. The summed E-state index contributed by atoms with van der Waals surface area (Å²) in [7, 11) is 0. The quantitative estimate of drug-likeness (QED) is 0.284. The first-order chi connectivity index (χ1) is 18.5. The highest BCUT2D eigenvalue weighted by Gasteiger charge is 2.45. The molecule has 0 saturated carbocycles. The fourth-order valence-electron chi connectivity index (χ4n) is 4.76. The SMILES string of the molecule is CC1(C)CC(=O)c2c(C(F)(F)F)nn(-c3ccc(C#N)c(Nc4ccc(OCc5ccccc5)cc4)c3)c2C1. The molecule has 0 bridgehead atoms. The monoisotopic (exact) mass is 530 g/mol. The van der Waals surface area contributed by atoms with E-state index in [1.807, 2.05) is 44.2 Å². The Hall–Kier alpha value is -4.58. The van der Waals surface area contributed by atoms with Crippen LogP contribution in [0.2, 0.25) is 0 Å². The molecular formula is C30H25F3N4O2. The summed E-state index contributed by atoms with van der Waals surface area (Å²) in [6, 6.07) is 23.6. The van der Waals surface area contributed by atoms with E-state index >= 15 is 0 Å².